The van der Waals surface area contributed by atoms with Crippen molar-refractivity contribution in [3.8, 4) is 0 Å². The van der Waals surface area contributed by atoms with Gasteiger partial charge < -0.3 is 10.2 Å². The molecule has 0 saturated heterocycles. The van der Waals surface area contributed by atoms with Crippen LogP contribution in [0, 0.1) is 0 Å². The molecule has 1 atom stereocenters. The molecular formula is C7H9NO7S2. The molecule has 0 aromatic carbocycles. The highest BCUT2D eigenvalue weighted by Gasteiger charge is 2.33. The fraction of sp³-hybridized carbons (Fsp3) is 0.286. The fourth-order valence-electron chi connectivity index (χ4n) is 0.654. The predicted octanol–water partition coefficient (Wildman–Crippen LogP) is -0.0548. The third kappa shape index (κ3) is 7.38. The molecule has 1 aromatic rings. The van der Waals surface area contributed by atoms with Gasteiger partial charge in [-0.3, -0.25) is 19.1 Å². The molecule has 1 unspecified atom stereocenters. The first-order chi connectivity index (χ1) is 7.75. The van der Waals surface area contributed by atoms with Gasteiger partial charge in [0, 0.05) is 11.6 Å². The molecule has 0 saturated carbocycles. The summed E-state index contributed by atoms with van der Waals surface area (Å²) in [5.41, 5.74) is 1.79. The number of hydrogen-bond acceptors (Lipinski definition) is 6. The summed E-state index contributed by atoms with van der Waals surface area (Å²) in [6.07, 6.45) is 0.610. The van der Waals surface area contributed by atoms with Crippen LogP contribution < -0.4 is 0 Å². The van der Waals surface area contributed by atoms with E-state index in [-0.39, 0.29) is 0 Å². The first-order valence-corrected chi connectivity index (χ1v) is 6.42. The van der Waals surface area contributed by atoms with Crippen LogP contribution in [0.25, 0.3) is 0 Å². The van der Waals surface area contributed by atoms with Crippen molar-refractivity contribution in [2.24, 2.45) is 0 Å². The average Bonchev–Trinajstić information content (AvgIpc) is 2.69. The normalized spacial score (nSPS) is 12.1. The number of nitrogens with zero attached hydrogens (tertiary/aromatic N) is 1. The first-order valence-electron chi connectivity index (χ1n) is 3.98. The summed E-state index contributed by atoms with van der Waals surface area (Å²) in [5, 5.41) is 15.8. The van der Waals surface area contributed by atoms with Crippen LogP contribution in [0.1, 0.15) is 6.42 Å². The van der Waals surface area contributed by atoms with Crippen molar-refractivity contribution in [2.75, 3.05) is 0 Å². The van der Waals surface area contributed by atoms with E-state index in [4.69, 9.17) is 14.8 Å². The van der Waals surface area contributed by atoms with Crippen molar-refractivity contribution < 1.29 is 32.8 Å². The third-order valence-electron chi connectivity index (χ3n) is 1.34. The molecule has 0 spiro atoms. The van der Waals surface area contributed by atoms with Crippen molar-refractivity contribution in [1.29, 1.82) is 0 Å². The number of thiazole rings is 1. The summed E-state index contributed by atoms with van der Waals surface area (Å²) < 4.78 is 28.7. The van der Waals surface area contributed by atoms with Crippen molar-refractivity contribution in [3.05, 3.63) is 17.1 Å². The highest BCUT2D eigenvalue weighted by atomic mass is 32.2. The molecule has 0 bridgehead atoms. The number of carboxylic acid groups (broad SMARTS) is 2. The van der Waals surface area contributed by atoms with Crippen molar-refractivity contribution in [3.63, 3.8) is 0 Å². The maximum Gasteiger partial charge on any atom is 0.325 e. The van der Waals surface area contributed by atoms with Crippen molar-refractivity contribution in [1.82, 2.24) is 4.98 Å². The second-order valence-electron chi connectivity index (χ2n) is 2.62. The van der Waals surface area contributed by atoms with Crippen LogP contribution in [0.2, 0.25) is 0 Å². The highest BCUT2D eigenvalue weighted by molar-refractivity contribution is 7.87. The maximum atomic E-state index is 10.2. The zero-order valence-corrected chi connectivity index (χ0v) is 9.89. The lowest BCUT2D eigenvalue weighted by molar-refractivity contribution is -0.143. The zero-order chi connectivity index (χ0) is 13.5. The molecule has 3 N–H and O–H groups in total. The smallest absolute Gasteiger partial charge is 0.325 e. The maximum absolute atomic E-state index is 10.2. The largest absolute Gasteiger partial charge is 0.481 e. The predicted molar refractivity (Wildman–Crippen MR) is 57.3 cm³/mol. The molecule has 0 aliphatic heterocycles. The molecule has 0 aliphatic carbocycles. The van der Waals surface area contributed by atoms with E-state index in [1.165, 1.54) is 0 Å². The minimum Gasteiger partial charge on any atom is -0.481 e. The van der Waals surface area contributed by atoms with Crippen molar-refractivity contribution in [2.45, 2.75) is 11.7 Å². The van der Waals surface area contributed by atoms with Gasteiger partial charge in [-0.05, 0) is 0 Å². The lowest BCUT2D eigenvalue weighted by Gasteiger charge is -2.04. The van der Waals surface area contributed by atoms with E-state index in [0.29, 0.717) is 0 Å². The monoisotopic (exact) mass is 283 g/mol. The highest BCUT2D eigenvalue weighted by Crippen LogP contribution is 2.04. The van der Waals surface area contributed by atoms with E-state index >= 15 is 0 Å². The molecule has 0 aliphatic rings. The van der Waals surface area contributed by atoms with Gasteiger partial charge in [0.25, 0.3) is 10.1 Å². The average molecular weight is 283 g/mol. The van der Waals surface area contributed by atoms with E-state index in [1.807, 2.05) is 5.38 Å². The Bertz CT molecular complexity index is 435. The van der Waals surface area contributed by atoms with Crippen LogP contribution in [-0.4, -0.2) is 45.4 Å². The Morgan fingerprint density at radius 1 is 1.35 bits per heavy atom. The lowest BCUT2D eigenvalue weighted by Crippen LogP contribution is -2.31. The summed E-state index contributed by atoms with van der Waals surface area (Å²) in [7, 11) is -4.84. The molecule has 0 fully saturated rings. The molecule has 10 heteroatoms. The number of hydrogen-bond donors (Lipinski definition) is 3. The molecule has 0 amide bonds. The van der Waals surface area contributed by atoms with Crippen LogP contribution in [0.15, 0.2) is 17.1 Å². The fourth-order valence-corrected chi connectivity index (χ4v) is 1.61. The van der Waals surface area contributed by atoms with Crippen LogP contribution in [0.4, 0.5) is 0 Å². The molecule has 96 valence electrons. The Balaban J connectivity index is 0.000000419. The molecular weight excluding hydrogens is 274 g/mol. The minimum atomic E-state index is -4.84. The van der Waals surface area contributed by atoms with Gasteiger partial charge in [0.15, 0.2) is 5.25 Å². The van der Waals surface area contributed by atoms with Gasteiger partial charge in [0.1, 0.15) is 0 Å². The van der Waals surface area contributed by atoms with Gasteiger partial charge in [0.2, 0.25) is 0 Å². The Labute approximate surface area is 100 Å². The van der Waals surface area contributed by atoms with Crippen molar-refractivity contribution >= 4 is 33.4 Å². The summed E-state index contributed by atoms with van der Waals surface area (Å²) in [4.78, 5) is 23.7. The van der Waals surface area contributed by atoms with Gasteiger partial charge in [-0.25, -0.2) is 0 Å². The summed E-state index contributed by atoms with van der Waals surface area (Å²) in [6.45, 7) is 0. The molecule has 8 nitrogen and oxygen atoms in total. The molecule has 0 radical (unpaired) electrons. The van der Waals surface area contributed by atoms with E-state index in [1.54, 1.807) is 23.0 Å². The number of carbonyl (C=O) groups is 2. The van der Waals surface area contributed by atoms with Gasteiger partial charge in [-0.15, -0.1) is 11.3 Å². The Kier molecular flexibility index (Phi) is 6.31. The van der Waals surface area contributed by atoms with Crippen LogP contribution in [0.3, 0.4) is 0 Å². The Morgan fingerprint density at radius 2 is 1.94 bits per heavy atom. The van der Waals surface area contributed by atoms with Crippen LogP contribution >= 0.6 is 11.3 Å². The summed E-state index contributed by atoms with van der Waals surface area (Å²) >= 11 is 1.60. The molecule has 1 aromatic heterocycles. The number of aliphatic carboxylic acids is 2. The summed E-state index contributed by atoms with van der Waals surface area (Å²) in [6, 6.07) is 0. The standard InChI is InChI=1S/C4H6O7S.C3H3NS/c5-3(6)1-2(4(7)8)12(9,10)11;1-2-5-3-4-1/h2H,1H2,(H,5,6)(H,7,8)(H,9,10,11);1-3H. The van der Waals surface area contributed by atoms with E-state index in [9.17, 15) is 18.0 Å². The molecule has 1 heterocycles. The number of carboxylic acids is 2. The zero-order valence-electron chi connectivity index (χ0n) is 8.25. The molecule has 17 heavy (non-hydrogen) atoms. The van der Waals surface area contributed by atoms with Crippen LogP contribution in [-0.2, 0) is 19.7 Å². The van der Waals surface area contributed by atoms with Crippen LogP contribution in [0.5, 0.6) is 0 Å². The number of rotatable bonds is 4. The van der Waals surface area contributed by atoms with Gasteiger partial charge in [-0.2, -0.15) is 8.42 Å². The first kappa shape index (κ1) is 15.5. The minimum absolute atomic E-state index is 1.16. The molecule has 1 rings (SSSR count). The second kappa shape index (κ2) is 6.93. The van der Waals surface area contributed by atoms with E-state index < -0.39 is 33.7 Å². The van der Waals surface area contributed by atoms with Gasteiger partial charge >= 0.3 is 11.9 Å². The SMILES string of the molecule is O=C(O)CC(C(=O)O)S(=O)(=O)O.c1cscn1. The Hall–Kier alpha value is -1.52. The van der Waals surface area contributed by atoms with Gasteiger partial charge in [0.05, 0.1) is 11.9 Å². The van der Waals surface area contributed by atoms with E-state index in [0.717, 1.165) is 0 Å². The lowest BCUT2D eigenvalue weighted by atomic mass is 10.3. The van der Waals surface area contributed by atoms with E-state index in [2.05, 4.69) is 4.98 Å². The second-order valence-corrected chi connectivity index (χ2v) is 4.97. The third-order valence-corrected chi connectivity index (χ3v) is 2.95. The van der Waals surface area contributed by atoms with Gasteiger partial charge in [-0.1, -0.05) is 0 Å². The number of aromatic nitrogens is 1. The summed E-state index contributed by atoms with van der Waals surface area (Å²) in [5.74, 6) is -3.50. The topological polar surface area (TPSA) is 142 Å². The Morgan fingerprint density at radius 3 is 2.06 bits per heavy atom. The quantitative estimate of drug-likeness (QED) is 0.652.